The molecule has 14 heavy (non-hydrogen) atoms. The number of isocyanates is 1. The fourth-order valence-electron chi connectivity index (χ4n) is 0.851. The van der Waals surface area contributed by atoms with Crippen LogP contribution in [0.4, 0.5) is 0 Å². The van der Waals surface area contributed by atoms with Gasteiger partial charge in [0.15, 0.2) is 0 Å². The fourth-order valence-corrected chi connectivity index (χ4v) is 0.851. The van der Waals surface area contributed by atoms with Crippen LogP contribution in [0.2, 0.25) is 0 Å². The Hall–Kier alpha value is -2.21. The van der Waals surface area contributed by atoms with Crippen LogP contribution in [-0.2, 0) is 11.3 Å². The fraction of sp³-hybridized carbons (Fsp3) is 0.333. The lowest BCUT2D eigenvalue weighted by Gasteiger charge is -1.97. The van der Waals surface area contributed by atoms with Crippen molar-refractivity contribution in [1.82, 2.24) is 14.5 Å². The normalized spacial score (nSPS) is 9.43. The quantitative estimate of drug-likeness (QED) is 0.414. The minimum absolute atomic E-state index is 0.0431. The zero-order valence-corrected chi connectivity index (χ0v) is 6.94. The number of aliphatic imine (C=N–C) groups is 1. The third kappa shape index (κ3) is 2.14. The molecule has 0 saturated carbocycles. The molecule has 0 atom stereocenters. The number of nitrogens with zero attached hydrogens (tertiary/aromatic N) is 2. The van der Waals surface area contributed by atoms with Crippen LogP contribution >= 0.6 is 0 Å². The van der Waals surface area contributed by atoms with Gasteiger partial charge in [0.25, 0.3) is 0 Å². The van der Waals surface area contributed by atoms with E-state index < -0.39 is 17.1 Å². The lowest BCUT2D eigenvalue weighted by atomic mass is 10.6. The molecule has 0 unspecified atom stereocenters. The van der Waals surface area contributed by atoms with Gasteiger partial charge < -0.3 is 0 Å². The van der Waals surface area contributed by atoms with Crippen LogP contribution in [0.5, 0.6) is 0 Å². The number of hydrogen-bond acceptors (Lipinski definition) is 5. The maximum Gasteiger partial charge on any atom is 0.333 e. The number of aromatic amines is 2. The maximum atomic E-state index is 11.0. The Morgan fingerprint density at radius 3 is 2.29 bits per heavy atom. The van der Waals surface area contributed by atoms with Crippen molar-refractivity contribution >= 4 is 6.08 Å². The summed E-state index contributed by atoms with van der Waals surface area (Å²) >= 11 is 0. The molecule has 1 aromatic rings. The minimum Gasteiger partial charge on any atom is -0.259 e. The number of aromatic nitrogens is 3. The second-order valence-electron chi connectivity index (χ2n) is 2.31. The lowest BCUT2D eigenvalue weighted by molar-refractivity contribution is 0.557. The van der Waals surface area contributed by atoms with Crippen LogP contribution in [0.25, 0.3) is 0 Å². The molecule has 2 N–H and O–H groups in total. The van der Waals surface area contributed by atoms with E-state index in [1.54, 1.807) is 0 Å². The van der Waals surface area contributed by atoms with E-state index >= 15 is 0 Å². The average Bonchev–Trinajstić information content (AvgIpc) is 2.09. The van der Waals surface area contributed by atoms with E-state index in [0.717, 1.165) is 4.57 Å². The van der Waals surface area contributed by atoms with Gasteiger partial charge in [0.05, 0.1) is 13.1 Å². The SMILES string of the molecule is O=C=NCCn1c(=O)[nH]c(=O)[nH]c1=O. The second kappa shape index (κ2) is 4.15. The summed E-state index contributed by atoms with van der Waals surface area (Å²) in [6, 6.07) is 0. The number of nitrogens with one attached hydrogen (secondary N) is 2. The Morgan fingerprint density at radius 2 is 1.79 bits per heavy atom. The summed E-state index contributed by atoms with van der Waals surface area (Å²) in [5.74, 6) is 0. The number of rotatable bonds is 3. The molecule has 1 rings (SSSR count). The first-order valence-corrected chi connectivity index (χ1v) is 3.62. The second-order valence-corrected chi connectivity index (χ2v) is 2.31. The molecule has 0 radical (unpaired) electrons. The molecule has 0 aromatic carbocycles. The van der Waals surface area contributed by atoms with Gasteiger partial charge in [-0.1, -0.05) is 0 Å². The number of H-pyrrole nitrogens is 2. The summed E-state index contributed by atoms with van der Waals surface area (Å²) in [6.07, 6.45) is 1.26. The molecule has 0 bridgehead atoms. The third-order valence-corrected chi connectivity index (χ3v) is 1.43. The van der Waals surface area contributed by atoms with E-state index in [4.69, 9.17) is 0 Å². The highest BCUT2D eigenvalue weighted by molar-refractivity contribution is 5.32. The molecule has 0 saturated heterocycles. The van der Waals surface area contributed by atoms with Crippen LogP contribution in [0.1, 0.15) is 0 Å². The highest BCUT2D eigenvalue weighted by Crippen LogP contribution is 1.70. The van der Waals surface area contributed by atoms with Crippen molar-refractivity contribution in [3.05, 3.63) is 31.5 Å². The summed E-state index contributed by atoms with van der Waals surface area (Å²) in [5.41, 5.74) is -2.53. The molecule has 1 heterocycles. The minimum atomic E-state index is -0.866. The van der Waals surface area contributed by atoms with Gasteiger partial charge in [0.2, 0.25) is 6.08 Å². The molecule has 0 spiro atoms. The standard InChI is InChI=1S/C6H6N4O4/c11-3-7-1-2-10-5(13)8-4(12)9-6(10)14/h1-2H2,(H2,8,9,12,13,14). The van der Waals surface area contributed by atoms with Gasteiger partial charge in [-0.25, -0.2) is 28.7 Å². The molecule has 0 aliphatic rings. The number of carbonyl (C=O) groups excluding carboxylic acids is 1. The molecule has 0 amide bonds. The zero-order chi connectivity index (χ0) is 10.6. The van der Waals surface area contributed by atoms with Gasteiger partial charge in [-0.05, 0) is 0 Å². The van der Waals surface area contributed by atoms with E-state index in [1.165, 1.54) is 6.08 Å². The van der Waals surface area contributed by atoms with Crippen molar-refractivity contribution in [1.29, 1.82) is 0 Å². The van der Waals surface area contributed by atoms with Gasteiger partial charge in [0.1, 0.15) is 0 Å². The Balaban J connectivity index is 3.09. The summed E-state index contributed by atoms with van der Waals surface area (Å²) in [5, 5.41) is 0. The third-order valence-electron chi connectivity index (χ3n) is 1.43. The zero-order valence-electron chi connectivity index (χ0n) is 6.94. The predicted molar refractivity (Wildman–Crippen MR) is 44.9 cm³/mol. The smallest absolute Gasteiger partial charge is 0.259 e. The summed E-state index contributed by atoms with van der Waals surface area (Å²) in [4.78, 5) is 49.2. The van der Waals surface area contributed by atoms with Crippen LogP contribution in [-0.4, -0.2) is 27.2 Å². The van der Waals surface area contributed by atoms with E-state index in [2.05, 4.69) is 4.99 Å². The van der Waals surface area contributed by atoms with Crippen LogP contribution in [0, 0.1) is 0 Å². The first kappa shape index (κ1) is 9.87. The molecular weight excluding hydrogens is 192 g/mol. The van der Waals surface area contributed by atoms with Gasteiger partial charge in [0, 0.05) is 0 Å². The van der Waals surface area contributed by atoms with Gasteiger partial charge in [-0.15, -0.1) is 0 Å². The molecule has 74 valence electrons. The van der Waals surface area contributed by atoms with E-state index in [9.17, 15) is 19.2 Å². The molecule has 8 heteroatoms. The Morgan fingerprint density at radius 1 is 1.21 bits per heavy atom. The van der Waals surface area contributed by atoms with Crippen LogP contribution < -0.4 is 17.1 Å². The van der Waals surface area contributed by atoms with E-state index in [0.29, 0.717) is 0 Å². The molecule has 0 fully saturated rings. The molecule has 1 aromatic heterocycles. The molecule has 8 nitrogen and oxygen atoms in total. The van der Waals surface area contributed by atoms with Gasteiger partial charge in [-0.3, -0.25) is 9.97 Å². The van der Waals surface area contributed by atoms with Crippen molar-refractivity contribution < 1.29 is 4.79 Å². The Labute approximate surface area is 75.9 Å². The summed E-state index contributed by atoms with van der Waals surface area (Å²) in [6.45, 7) is -0.126. The Bertz CT molecular complexity index is 495. The van der Waals surface area contributed by atoms with Crippen molar-refractivity contribution in [3.8, 4) is 0 Å². The van der Waals surface area contributed by atoms with Crippen molar-refractivity contribution in [3.63, 3.8) is 0 Å². The monoisotopic (exact) mass is 198 g/mol. The van der Waals surface area contributed by atoms with Crippen LogP contribution in [0.3, 0.4) is 0 Å². The van der Waals surface area contributed by atoms with E-state index in [1.807, 2.05) is 9.97 Å². The highest BCUT2D eigenvalue weighted by Gasteiger charge is 2.00. The van der Waals surface area contributed by atoms with Crippen molar-refractivity contribution in [2.24, 2.45) is 4.99 Å². The van der Waals surface area contributed by atoms with Crippen LogP contribution in [0.15, 0.2) is 19.4 Å². The van der Waals surface area contributed by atoms with Gasteiger partial charge >= 0.3 is 17.1 Å². The van der Waals surface area contributed by atoms with E-state index in [-0.39, 0.29) is 13.1 Å². The topological polar surface area (TPSA) is 117 Å². The van der Waals surface area contributed by atoms with Gasteiger partial charge in [-0.2, -0.15) is 0 Å². The molecular formula is C6H6N4O4. The highest BCUT2D eigenvalue weighted by atomic mass is 16.2. The first-order valence-electron chi connectivity index (χ1n) is 3.62. The Kier molecular flexibility index (Phi) is 2.93. The maximum absolute atomic E-state index is 11.0. The van der Waals surface area contributed by atoms with Crippen molar-refractivity contribution in [2.45, 2.75) is 6.54 Å². The average molecular weight is 198 g/mol. The summed E-state index contributed by atoms with van der Waals surface area (Å²) in [7, 11) is 0. The molecule has 0 aliphatic heterocycles. The number of hydrogen-bond donors (Lipinski definition) is 2. The first-order chi connectivity index (χ1) is 6.65. The lowest BCUT2D eigenvalue weighted by Crippen LogP contribution is -2.43. The molecule has 0 aliphatic carbocycles. The summed E-state index contributed by atoms with van der Waals surface area (Å²) < 4.78 is 0.724. The largest absolute Gasteiger partial charge is 0.333 e. The van der Waals surface area contributed by atoms with Crippen molar-refractivity contribution in [2.75, 3.05) is 6.54 Å². The predicted octanol–water partition coefficient (Wildman–Crippen LogP) is -2.44.